The SMILES string of the molecule is CCCC1CCCN(C(=O)c2ccc(C)cc2F)CC1. The van der Waals surface area contributed by atoms with Crippen LogP contribution in [0.2, 0.25) is 0 Å². The number of rotatable bonds is 3. The molecular formula is C17H24FNO. The van der Waals surface area contributed by atoms with E-state index in [0.29, 0.717) is 0 Å². The molecule has 1 fully saturated rings. The summed E-state index contributed by atoms with van der Waals surface area (Å²) >= 11 is 0. The van der Waals surface area contributed by atoms with E-state index in [-0.39, 0.29) is 11.5 Å². The fourth-order valence-electron chi connectivity index (χ4n) is 3.03. The molecule has 0 bridgehead atoms. The van der Waals surface area contributed by atoms with Gasteiger partial charge in [0.2, 0.25) is 0 Å². The standard InChI is InChI=1S/C17H24FNO/c1-3-5-14-6-4-10-19(11-9-14)17(20)15-8-7-13(2)12-16(15)18/h7-8,12,14H,3-6,9-11H2,1-2H3. The molecule has 2 rings (SSSR count). The summed E-state index contributed by atoms with van der Waals surface area (Å²) in [6.07, 6.45) is 5.71. The van der Waals surface area contributed by atoms with Gasteiger partial charge in [-0.1, -0.05) is 25.8 Å². The van der Waals surface area contributed by atoms with Crippen LogP contribution < -0.4 is 0 Å². The average Bonchev–Trinajstić information content (AvgIpc) is 2.64. The quantitative estimate of drug-likeness (QED) is 0.811. The molecule has 1 aromatic rings. The van der Waals surface area contributed by atoms with Crippen LogP contribution in [-0.4, -0.2) is 23.9 Å². The van der Waals surface area contributed by atoms with Crippen LogP contribution in [0.5, 0.6) is 0 Å². The van der Waals surface area contributed by atoms with Crippen molar-refractivity contribution in [3.8, 4) is 0 Å². The minimum absolute atomic E-state index is 0.153. The number of benzene rings is 1. The van der Waals surface area contributed by atoms with Gasteiger partial charge in [-0.25, -0.2) is 4.39 Å². The molecule has 1 aromatic carbocycles. The third-order valence-corrected chi connectivity index (χ3v) is 4.19. The Labute approximate surface area is 121 Å². The van der Waals surface area contributed by atoms with E-state index in [9.17, 15) is 9.18 Å². The molecule has 1 aliphatic heterocycles. The monoisotopic (exact) mass is 277 g/mol. The highest BCUT2D eigenvalue weighted by Gasteiger charge is 2.23. The first kappa shape index (κ1) is 15.0. The molecule has 1 atom stereocenters. The van der Waals surface area contributed by atoms with Crippen molar-refractivity contribution in [3.05, 3.63) is 35.1 Å². The van der Waals surface area contributed by atoms with Crippen molar-refractivity contribution in [2.45, 2.75) is 46.0 Å². The van der Waals surface area contributed by atoms with Crippen LogP contribution in [0.3, 0.4) is 0 Å². The Kier molecular flexibility index (Phi) is 5.16. The minimum Gasteiger partial charge on any atom is -0.339 e. The topological polar surface area (TPSA) is 20.3 Å². The molecule has 0 radical (unpaired) electrons. The predicted octanol–water partition coefficient (Wildman–Crippen LogP) is 4.18. The number of halogens is 1. The molecule has 20 heavy (non-hydrogen) atoms. The van der Waals surface area contributed by atoms with E-state index in [2.05, 4.69) is 6.92 Å². The van der Waals surface area contributed by atoms with Crippen LogP contribution in [-0.2, 0) is 0 Å². The van der Waals surface area contributed by atoms with Gasteiger partial charge in [-0.05, 0) is 49.8 Å². The molecule has 1 aliphatic rings. The first-order valence-electron chi connectivity index (χ1n) is 7.67. The molecule has 0 spiro atoms. The molecule has 0 saturated carbocycles. The van der Waals surface area contributed by atoms with Gasteiger partial charge in [-0.3, -0.25) is 4.79 Å². The van der Waals surface area contributed by atoms with E-state index >= 15 is 0 Å². The maximum absolute atomic E-state index is 13.9. The summed E-state index contributed by atoms with van der Waals surface area (Å²) in [5.41, 5.74) is 1.06. The van der Waals surface area contributed by atoms with Crippen LogP contribution >= 0.6 is 0 Å². The van der Waals surface area contributed by atoms with Gasteiger partial charge in [0.25, 0.3) is 5.91 Å². The van der Waals surface area contributed by atoms with E-state index in [4.69, 9.17) is 0 Å². The lowest BCUT2D eigenvalue weighted by Crippen LogP contribution is -2.32. The summed E-state index contributed by atoms with van der Waals surface area (Å²) < 4.78 is 13.9. The highest BCUT2D eigenvalue weighted by molar-refractivity contribution is 5.94. The summed E-state index contributed by atoms with van der Waals surface area (Å²) in [4.78, 5) is 14.3. The molecule has 1 amide bonds. The summed E-state index contributed by atoms with van der Waals surface area (Å²) in [5.74, 6) is 0.171. The third-order valence-electron chi connectivity index (χ3n) is 4.19. The summed E-state index contributed by atoms with van der Waals surface area (Å²) in [5, 5.41) is 0. The minimum atomic E-state index is -0.399. The Balaban J connectivity index is 2.05. The smallest absolute Gasteiger partial charge is 0.256 e. The van der Waals surface area contributed by atoms with Crippen molar-refractivity contribution >= 4 is 5.91 Å². The maximum Gasteiger partial charge on any atom is 0.256 e. The van der Waals surface area contributed by atoms with Crippen molar-refractivity contribution in [1.82, 2.24) is 4.90 Å². The Morgan fingerprint density at radius 2 is 2.15 bits per heavy atom. The number of carbonyl (C=O) groups is 1. The molecule has 1 unspecified atom stereocenters. The first-order chi connectivity index (χ1) is 9.61. The Morgan fingerprint density at radius 3 is 2.85 bits per heavy atom. The molecule has 0 aromatic heterocycles. The lowest BCUT2D eigenvalue weighted by Gasteiger charge is -2.21. The van der Waals surface area contributed by atoms with Gasteiger partial charge in [0.15, 0.2) is 0 Å². The van der Waals surface area contributed by atoms with Crippen molar-refractivity contribution in [2.75, 3.05) is 13.1 Å². The highest BCUT2D eigenvalue weighted by atomic mass is 19.1. The lowest BCUT2D eigenvalue weighted by molar-refractivity contribution is 0.0755. The summed E-state index contributed by atoms with van der Waals surface area (Å²) in [6.45, 7) is 5.55. The molecule has 110 valence electrons. The van der Waals surface area contributed by atoms with Crippen LogP contribution in [0, 0.1) is 18.7 Å². The zero-order chi connectivity index (χ0) is 14.5. The number of carbonyl (C=O) groups excluding carboxylic acids is 1. The van der Waals surface area contributed by atoms with Gasteiger partial charge in [0.05, 0.1) is 5.56 Å². The largest absolute Gasteiger partial charge is 0.339 e. The van der Waals surface area contributed by atoms with E-state index in [1.807, 2.05) is 11.8 Å². The Bertz CT molecular complexity index is 472. The molecular weight excluding hydrogens is 253 g/mol. The second-order valence-corrected chi connectivity index (χ2v) is 5.86. The van der Waals surface area contributed by atoms with E-state index in [0.717, 1.165) is 37.4 Å². The van der Waals surface area contributed by atoms with Gasteiger partial charge < -0.3 is 4.90 Å². The molecule has 0 N–H and O–H groups in total. The van der Waals surface area contributed by atoms with E-state index in [1.54, 1.807) is 12.1 Å². The van der Waals surface area contributed by atoms with Crippen LogP contribution in [0.1, 0.15) is 54.9 Å². The van der Waals surface area contributed by atoms with Gasteiger partial charge in [0.1, 0.15) is 5.82 Å². The summed E-state index contributed by atoms with van der Waals surface area (Å²) in [6, 6.07) is 4.85. The number of hydrogen-bond donors (Lipinski definition) is 0. The first-order valence-corrected chi connectivity index (χ1v) is 7.67. The van der Waals surface area contributed by atoms with Gasteiger partial charge in [0, 0.05) is 13.1 Å². The van der Waals surface area contributed by atoms with Crippen molar-refractivity contribution in [3.63, 3.8) is 0 Å². The van der Waals surface area contributed by atoms with Crippen molar-refractivity contribution in [1.29, 1.82) is 0 Å². The number of amides is 1. The molecule has 2 nitrogen and oxygen atoms in total. The van der Waals surface area contributed by atoms with Crippen molar-refractivity contribution in [2.24, 2.45) is 5.92 Å². The van der Waals surface area contributed by atoms with E-state index in [1.165, 1.54) is 25.3 Å². The van der Waals surface area contributed by atoms with Gasteiger partial charge in [-0.2, -0.15) is 0 Å². The van der Waals surface area contributed by atoms with Crippen LogP contribution in [0.25, 0.3) is 0 Å². The number of nitrogens with zero attached hydrogens (tertiary/aromatic N) is 1. The molecule has 1 heterocycles. The van der Waals surface area contributed by atoms with Crippen LogP contribution in [0.15, 0.2) is 18.2 Å². The predicted molar refractivity (Wildman–Crippen MR) is 79.3 cm³/mol. The lowest BCUT2D eigenvalue weighted by atomic mass is 9.96. The molecule has 1 saturated heterocycles. The van der Waals surface area contributed by atoms with Crippen molar-refractivity contribution < 1.29 is 9.18 Å². The maximum atomic E-state index is 13.9. The summed E-state index contributed by atoms with van der Waals surface area (Å²) in [7, 11) is 0. The fraction of sp³-hybridized carbons (Fsp3) is 0.588. The van der Waals surface area contributed by atoms with Gasteiger partial charge in [-0.15, -0.1) is 0 Å². The van der Waals surface area contributed by atoms with E-state index < -0.39 is 5.82 Å². The highest BCUT2D eigenvalue weighted by Crippen LogP contribution is 2.23. The fourth-order valence-corrected chi connectivity index (χ4v) is 3.03. The third kappa shape index (κ3) is 3.59. The zero-order valence-electron chi connectivity index (χ0n) is 12.5. The Morgan fingerprint density at radius 1 is 1.35 bits per heavy atom. The Hall–Kier alpha value is -1.38. The molecule has 3 heteroatoms. The average molecular weight is 277 g/mol. The van der Waals surface area contributed by atoms with Gasteiger partial charge >= 0.3 is 0 Å². The number of aryl methyl sites for hydroxylation is 1. The second-order valence-electron chi connectivity index (χ2n) is 5.86. The zero-order valence-corrected chi connectivity index (χ0v) is 12.5. The second kappa shape index (κ2) is 6.87. The number of hydrogen-bond acceptors (Lipinski definition) is 1. The normalized spacial score (nSPS) is 19.8. The molecule has 0 aliphatic carbocycles. The number of likely N-dealkylation sites (tertiary alicyclic amines) is 1. The van der Waals surface area contributed by atoms with Crippen LogP contribution in [0.4, 0.5) is 4.39 Å².